The van der Waals surface area contributed by atoms with Gasteiger partial charge in [0.25, 0.3) is 0 Å². The first-order valence-electron chi connectivity index (χ1n) is 18.9. The van der Waals surface area contributed by atoms with E-state index in [2.05, 4.69) is 201 Å². The Hall–Kier alpha value is -7.70. The molecule has 6 nitrogen and oxygen atoms in total. The van der Waals surface area contributed by atoms with Gasteiger partial charge >= 0.3 is 0 Å². The smallest absolute Gasteiger partial charge is 0.237 e. The van der Waals surface area contributed by atoms with Gasteiger partial charge in [-0.15, -0.1) is 0 Å². The Balaban J connectivity index is 1.13. The number of rotatable bonds is 5. The van der Waals surface area contributed by atoms with Gasteiger partial charge in [0.1, 0.15) is 0 Å². The summed E-state index contributed by atoms with van der Waals surface area (Å²) in [6, 6.07) is 64.5. The molecule has 0 aliphatic rings. The van der Waals surface area contributed by atoms with Gasteiger partial charge in [-0.05, 0) is 72.8 Å². The maximum Gasteiger partial charge on any atom is 0.237 e. The van der Waals surface area contributed by atoms with E-state index in [1.165, 1.54) is 32.7 Å². The standard InChI is InChI=1S/C50H32N6/c1-4-14-33(15-5-1)47-41-29-31-54(35-18-8-3-9-19-35)49(41)52-50(51-47)56-45-23-13-11-21-38(45)42-32-36(24-26-46(42)56)55-44-22-12-10-20-37(44)39-25-27-43-40(48(39)55)28-30-53(43)34-16-6-2-7-17-34/h1-32H. The predicted octanol–water partition coefficient (Wildman–Crippen LogP) is 12.2. The Morgan fingerprint density at radius 3 is 1.66 bits per heavy atom. The van der Waals surface area contributed by atoms with E-state index in [0.29, 0.717) is 5.95 Å². The molecule has 0 fully saturated rings. The van der Waals surface area contributed by atoms with Gasteiger partial charge in [-0.2, -0.15) is 4.98 Å². The molecule has 7 aromatic carbocycles. The van der Waals surface area contributed by atoms with Crippen molar-refractivity contribution >= 4 is 65.5 Å². The zero-order valence-corrected chi connectivity index (χ0v) is 30.2. The van der Waals surface area contributed by atoms with Crippen molar-refractivity contribution in [1.29, 1.82) is 0 Å². The highest BCUT2D eigenvalue weighted by Gasteiger charge is 2.22. The quantitative estimate of drug-likeness (QED) is 0.178. The second kappa shape index (κ2) is 11.9. The average Bonchev–Trinajstić information content (AvgIpc) is 4.05. The maximum atomic E-state index is 5.37. The lowest BCUT2D eigenvalue weighted by Gasteiger charge is -2.13. The molecule has 0 radical (unpaired) electrons. The van der Waals surface area contributed by atoms with Crippen LogP contribution in [-0.4, -0.2) is 28.2 Å². The fraction of sp³-hybridized carbons (Fsp3) is 0. The van der Waals surface area contributed by atoms with Crippen molar-refractivity contribution in [3.63, 3.8) is 0 Å². The summed E-state index contributed by atoms with van der Waals surface area (Å²) in [5.74, 6) is 0.631. The van der Waals surface area contributed by atoms with Gasteiger partial charge in [0.15, 0.2) is 5.65 Å². The molecule has 0 aliphatic heterocycles. The van der Waals surface area contributed by atoms with E-state index in [-0.39, 0.29) is 0 Å². The molecule has 12 rings (SSSR count). The van der Waals surface area contributed by atoms with Crippen LogP contribution in [0.1, 0.15) is 0 Å². The third-order valence-electron chi connectivity index (χ3n) is 11.3. The lowest BCUT2D eigenvalue weighted by atomic mass is 10.1. The lowest BCUT2D eigenvalue weighted by Crippen LogP contribution is -2.05. The van der Waals surface area contributed by atoms with Crippen molar-refractivity contribution in [3.8, 4) is 34.3 Å². The average molecular weight is 717 g/mol. The van der Waals surface area contributed by atoms with E-state index in [4.69, 9.17) is 9.97 Å². The molecule has 0 saturated carbocycles. The second-order valence-electron chi connectivity index (χ2n) is 14.3. The van der Waals surface area contributed by atoms with E-state index in [1.54, 1.807) is 0 Å². The summed E-state index contributed by atoms with van der Waals surface area (Å²) in [5, 5.41) is 6.97. The molecule has 5 heterocycles. The number of fused-ring (bicyclic) bond motifs is 9. The van der Waals surface area contributed by atoms with E-state index in [9.17, 15) is 0 Å². The fourth-order valence-corrected chi connectivity index (χ4v) is 8.79. The normalized spacial score (nSPS) is 11.9. The number of benzene rings is 7. The molecule has 0 bridgehead atoms. The van der Waals surface area contributed by atoms with Crippen LogP contribution < -0.4 is 0 Å². The molecule has 0 aliphatic carbocycles. The minimum Gasteiger partial charge on any atom is -0.316 e. The van der Waals surface area contributed by atoms with Gasteiger partial charge in [-0.1, -0.05) is 109 Å². The van der Waals surface area contributed by atoms with Crippen molar-refractivity contribution in [2.75, 3.05) is 0 Å². The van der Waals surface area contributed by atoms with Gasteiger partial charge in [-0.3, -0.25) is 4.57 Å². The van der Waals surface area contributed by atoms with Crippen LogP contribution >= 0.6 is 0 Å². The molecule has 262 valence electrons. The van der Waals surface area contributed by atoms with Gasteiger partial charge in [0.2, 0.25) is 5.95 Å². The van der Waals surface area contributed by atoms with Crippen molar-refractivity contribution < 1.29 is 0 Å². The van der Waals surface area contributed by atoms with Gasteiger partial charge < -0.3 is 13.7 Å². The highest BCUT2D eigenvalue weighted by molar-refractivity contribution is 6.19. The van der Waals surface area contributed by atoms with Crippen LogP contribution in [0.2, 0.25) is 0 Å². The van der Waals surface area contributed by atoms with Crippen LogP contribution in [0.15, 0.2) is 194 Å². The van der Waals surface area contributed by atoms with E-state index in [1.807, 2.05) is 12.1 Å². The van der Waals surface area contributed by atoms with Crippen LogP contribution in [-0.2, 0) is 0 Å². The minimum absolute atomic E-state index is 0.631. The van der Waals surface area contributed by atoms with Crippen LogP contribution in [0.25, 0.3) is 99.8 Å². The van der Waals surface area contributed by atoms with Crippen LogP contribution in [0, 0.1) is 0 Å². The molecule has 5 aromatic heterocycles. The van der Waals surface area contributed by atoms with Gasteiger partial charge in [0, 0.05) is 67.3 Å². The summed E-state index contributed by atoms with van der Waals surface area (Å²) in [7, 11) is 0. The number of hydrogen-bond acceptors (Lipinski definition) is 2. The zero-order chi connectivity index (χ0) is 36.7. The van der Waals surface area contributed by atoms with Gasteiger partial charge in [-0.25, -0.2) is 4.98 Å². The molecule has 12 aromatic rings. The first kappa shape index (κ1) is 30.7. The molecule has 0 N–H and O–H groups in total. The fourth-order valence-electron chi connectivity index (χ4n) is 8.79. The first-order chi connectivity index (χ1) is 27.8. The molecule has 0 atom stereocenters. The Kier molecular flexibility index (Phi) is 6.53. The summed E-state index contributed by atoms with van der Waals surface area (Å²) < 4.78 is 9.11. The summed E-state index contributed by atoms with van der Waals surface area (Å²) in [4.78, 5) is 10.7. The highest BCUT2D eigenvalue weighted by atomic mass is 15.2. The molecule has 0 unspecified atom stereocenters. The number of nitrogens with zero attached hydrogens (tertiary/aromatic N) is 6. The SMILES string of the molecule is c1ccc(-c2nc(-n3c4ccccc4c4cc(-n5c6ccccc6c6ccc7c(ccn7-c7ccccc7)c65)ccc43)nc3c2ccn3-c2ccccc2)cc1. The molecular formula is C50H32N6. The first-order valence-corrected chi connectivity index (χ1v) is 18.9. The summed E-state index contributed by atoms with van der Waals surface area (Å²) in [6.45, 7) is 0. The summed E-state index contributed by atoms with van der Waals surface area (Å²) >= 11 is 0. The number of aromatic nitrogens is 6. The van der Waals surface area contributed by atoms with E-state index in [0.717, 1.165) is 61.2 Å². The predicted molar refractivity (Wildman–Crippen MR) is 230 cm³/mol. The van der Waals surface area contributed by atoms with E-state index < -0.39 is 0 Å². The van der Waals surface area contributed by atoms with Crippen molar-refractivity contribution in [2.24, 2.45) is 0 Å². The number of hydrogen-bond donors (Lipinski definition) is 0. The molecule has 0 saturated heterocycles. The van der Waals surface area contributed by atoms with E-state index >= 15 is 0 Å². The molecule has 56 heavy (non-hydrogen) atoms. The Bertz CT molecular complexity index is 3460. The zero-order valence-electron chi connectivity index (χ0n) is 30.2. The Morgan fingerprint density at radius 2 is 0.911 bits per heavy atom. The van der Waals surface area contributed by atoms with Crippen LogP contribution in [0.3, 0.4) is 0 Å². The third-order valence-corrected chi connectivity index (χ3v) is 11.3. The summed E-state index contributed by atoms with van der Waals surface area (Å²) in [6.07, 6.45) is 4.28. The lowest BCUT2D eigenvalue weighted by molar-refractivity contribution is 0.988. The third kappa shape index (κ3) is 4.44. The minimum atomic E-state index is 0.631. The molecule has 6 heteroatoms. The van der Waals surface area contributed by atoms with Gasteiger partial charge in [0.05, 0.1) is 33.3 Å². The number of para-hydroxylation sites is 4. The van der Waals surface area contributed by atoms with Crippen molar-refractivity contribution in [3.05, 3.63) is 194 Å². The van der Waals surface area contributed by atoms with Crippen molar-refractivity contribution in [2.45, 2.75) is 0 Å². The molecule has 0 spiro atoms. The topological polar surface area (TPSA) is 45.5 Å². The largest absolute Gasteiger partial charge is 0.316 e. The Labute approximate surface area is 321 Å². The maximum absolute atomic E-state index is 5.37. The second-order valence-corrected chi connectivity index (χ2v) is 14.3. The monoisotopic (exact) mass is 716 g/mol. The van der Waals surface area contributed by atoms with Crippen LogP contribution in [0.5, 0.6) is 0 Å². The highest BCUT2D eigenvalue weighted by Crippen LogP contribution is 2.40. The van der Waals surface area contributed by atoms with Crippen LogP contribution in [0.4, 0.5) is 0 Å². The summed E-state index contributed by atoms with van der Waals surface area (Å²) in [5.41, 5.74) is 11.8. The molecule has 0 amide bonds. The molecular weight excluding hydrogens is 685 g/mol. The Morgan fingerprint density at radius 1 is 0.339 bits per heavy atom. The van der Waals surface area contributed by atoms with Crippen molar-refractivity contribution in [1.82, 2.24) is 28.2 Å².